The van der Waals surface area contributed by atoms with Gasteiger partial charge in [-0.25, -0.2) is 0 Å². The summed E-state index contributed by atoms with van der Waals surface area (Å²) in [7, 11) is 0. The highest BCUT2D eigenvalue weighted by molar-refractivity contribution is 7.12. The summed E-state index contributed by atoms with van der Waals surface area (Å²) in [6.07, 6.45) is 2.19. The summed E-state index contributed by atoms with van der Waals surface area (Å²) in [6.45, 7) is 7.66. The fraction of sp³-hybridized carbons (Fsp3) is 0.400. The first-order chi connectivity index (χ1) is 12.2. The van der Waals surface area contributed by atoms with Crippen LogP contribution in [-0.2, 0) is 16.0 Å². The number of hydrogen-bond donors (Lipinski definition) is 2. The molecule has 0 unspecified atom stereocenters. The molecule has 0 radical (unpaired) electrons. The second-order valence-corrected chi connectivity index (χ2v) is 8.58. The number of aryl methyl sites for hydroxylation is 3. The van der Waals surface area contributed by atoms with Crippen molar-refractivity contribution in [3.8, 4) is 5.75 Å². The summed E-state index contributed by atoms with van der Waals surface area (Å²) in [5.41, 5.74) is 1.70. The number of thiophene rings is 1. The van der Waals surface area contributed by atoms with Gasteiger partial charge in [0.2, 0.25) is 5.91 Å². The van der Waals surface area contributed by atoms with E-state index in [0.717, 1.165) is 12.8 Å². The number of fused-ring (bicyclic) bond motifs is 1. The van der Waals surface area contributed by atoms with Crippen molar-refractivity contribution in [1.29, 1.82) is 0 Å². The molecule has 0 atom stereocenters. The summed E-state index contributed by atoms with van der Waals surface area (Å²) in [6, 6.07) is 7.47. The maximum Gasteiger partial charge on any atom is 0.268 e. The molecule has 2 amide bonds. The van der Waals surface area contributed by atoms with Gasteiger partial charge in [-0.2, -0.15) is 0 Å². The largest absolute Gasteiger partial charge is 0.476 e. The summed E-state index contributed by atoms with van der Waals surface area (Å²) in [4.78, 5) is 26.8. The molecule has 0 spiro atoms. The zero-order valence-corrected chi connectivity index (χ0v) is 16.4. The molecule has 0 fully saturated rings. The third kappa shape index (κ3) is 4.07. The van der Waals surface area contributed by atoms with Crippen LogP contribution in [0, 0.1) is 13.8 Å². The molecule has 0 bridgehead atoms. The molecular formula is C20H24N2O3S. The van der Waals surface area contributed by atoms with Crippen molar-refractivity contribution in [2.24, 2.45) is 0 Å². The molecule has 2 heterocycles. The second kappa shape index (κ2) is 7.11. The molecular weight excluding hydrogens is 348 g/mol. The van der Waals surface area contributed by atoms with Crippen LogP contribution in [0.2, 0.25) is 0 Å². The van der Waals surface area contributed by atoms with Crippen LogP contribution in [0.5, 0.6) is 5.75 Å². The van der Waals surface area contributed by atoms with Crippen molar-refractivity contribution in [1.82, 2.24) is 0 Å². The van der Waals surface area contributed by atoms with Gasteiger partial charge in [-0.05, 0) is 64.3 Å². The lowest BCUT2D eigenvalue weighted by molar-refractivity contribution is -0.129. The lowest BCUT2D eigenvalue weighted by Crippen LogP contribution is -2.45. The van der Waals surface area contributed by atoms with E-state index < -0.39 is 5.60 Å². The lowest BCUT2D eigenvalue weighted by atomic mass is 10.1. The summed E-state index contributed by atoms with van der Waals surface area (Å²) >= 11 is 1.80. The summed E-state index contributed by atoms with van der Waals surface area (Å²) in [5.74, 6) is 0.367. The Bertz CT molecular complexity index is 855. The van der Waals surface area contributed by atoms with Crippen LogP contribution in [0.15, 0.2) is 24.3 Å². The van der Waals surface area contributed by atoms with E-state index >= 15 is 0 Å². The van der Waals surface area contributed by atoms with Crippen molar-refractivity contribution in [2.45, 2.75) is 52.6 Å². The number of carbonyl (C=O) groups excluding carboxylic acids is 2. The van der Waals surface area contributed by atoms with Crippen molar-refractivity contribution in [3.63, 3.8) is 0 Å². The molecule has 2 aromatic rings. The van der Waals surface area contributed by atoms with Crippen LogP contribution in [0.4, 0.5) is 11.4 Å². The highest BCUT2D eigenvalue weighted by Gasteiger charge is 2.35. The molecule has 26 heavy (non-hydrogen) atoms. The third-order valence-corrected chi connectivity index (χ3v) is 5.43. The van der Waals surface area contributed by atoms with E-state index in [1.165, 1.54) is 15.3 Å². The van der Waals surface area contributed by atoms with E-state index in [9.17, 15) is 9.59 Å². The topological polar surface area (TPSA) is 67.4 Å². The van der Waals surface area contributed by atoms with Gasteiger partial charge in [0, 0.05) is 27.9 Å². The van der Waals surface area contributed by atoms with E-state index in [2.05, 4.69) is 30.5 Å². The summed E-state index contributed by atoms with van der Waals surface area (Å²) < 4.78 is 5.75. The number of amides is 2. The van der Waals surface area contributed by atoms with Gasteiger partial charge in [0.1, 0.15) is 5.75 Å². The van der Waals surface area contributed by atoms with Crippen molar-refractivity contribution >= 4 is 34.5 Å². The average Bonchev–Trinajstić information content (AvgIpc) is 2.86. The predicted octanol–water partition coefficient (Wildman–Crippen LogP) is 4.44. The SMILES string of the molecule is Cc1cc(CCCC(=O)Nc2ccc3c(c2)OC(C)(C)C(=O)N3)c(C)s1. The fourth-order valence-electron chi connectivity index (χ4n) is 2.98. The molecule has 0 saturated carbocycles. The Morgan fingerprint density at radius 1 is 1.27 bits per heavy atom. The molecule has 1 aromatic carbocycles. The first kappa shape index (κ1) is 18.5. The Balaban J connectivity index is 1.56. The molecule has 0 saturated heterocycles. The number of anilines is 2. The van der Waals surface area contributed by atoms with Gasteiger partial charge < -0.3 is 15.4 Å². The molecule has 0 aliphatic carbocycles. The first-order valence-electron chi connectivity index (χ1n) is 8.75. The van der Waals surface area contributed by atoms with Crippen molar-refractivity contribution in [2.75, 3.05) is 10.6 Å². The van der Waals surface area contributed by atoms with Crippen LogP contribution in [0.3, 0.4) is 0 Å². The van der Waals surface area contributed by atoms with Crippen LogP contribution < -0.4 is 15.4 Å². The highest BCUT2D eigenvalue weighted by atomic mass is 32.1. The van der Waals surface area contributed by atoms with Gasteiger partial charge in [0.15, 0.2) is 5.60 Å². The van der Waals surface area contributed by atoms with Gasteiger partial charge in [-0.3, -0.25) is 9.59 Å². The molecule has 138 valence electrons. The molecule has 5 nitrogen and oxygen atoms in total. The third-order valence-electron chi connectivity index (χ3n) is 4.42. The Morgan fingerprint density at radius 3 is 2.73 bits per heavy atom. The standard InChI is InChI=1S/C20H24N2O3S/c1-12-10-14(13(2)26-12)6-5-7-18(23)21-15-8-9-16-17(11-15)25-20(3,4)19(24)22-16/h8-11H,5-7H2,1-4H3,(H,21,23)(H,22,24). The molecule has 1 aromatic heterocycles. The van der Waals surface area contributed by atoms with E-state index in [4.69, 9.17) is 4.74 Å². The number of benzene rings is 1. The molecule has 2 N–H and O–H groups in total. The average molecular weight is 372 g/mol. The fourth-order valence-corrected chi connectivity index (χ4v) is 3.95. The van der Waals surface area contributed by atoms with Crippen LogP contribution in [0.25, 0.3) is 0 Å². The summed E-state index contributed by atoms with van der Waals surface area (Å²) in [5, 5.41) is 5.72. The van der Waals surface area contributed by atoms with Crippen LogP contribution >= 0.6 is 11.3 Å². The Hall–Kier alpha value is -2.34. The minimum absolute atomic E-state index is 0.0198. The van der Waals surface area contributed by atoms with Crippen molar-refractivity contribution < 1.29 is 14.3 Å². The van der Waals surface area contributed by atoms with Gasteiger partial charge in [-0.1, -0.05) is 0 Å². The maximum absolute atomic E-state index is 12.2. The quantitative estimate of drug-likeness (QED) is 0.815. The van der Waals surface area contributed by atoms with E-state index in [-0.39, 0.29) is 11.8 Å². The predicted molar refractivity (Wildman–Crippen MR) is 105 cm³/mol. The van der Waals surface area contributed by atoms with Crippen molar-refractivity contribution in [3.05, 3.63) is 39.6 Å². The number of carbonyl (C=O) groups is 2. The highest BCUT2D eigenvalue weighted by Crippen LogP contribution is 2.35. The zero-order chi connectivity index (χ0) is 18.9. The smallest absolute Gasteiger partial charge is 0.268 e. The first-order valence-corrected chi connectivity index (χ1v) is 9.56. The number of rotatable bonds is 5. The van der Waals surface area contributed by atoms with Gasteiger partial charge in [0.25, 0.3) is 5.91 Å². The lowest BCUT2D eigenvalue weighted by Gasteiger charge is -2.31. The van der Waals surface area contributed by atoms with Gasteiger partial charge >= 0.3 is 0 Å². The molecule has 1 aliphatic heterocycles. The Labute approximate surface area is 157 Å². The second-order valence-electron chi connectivity index (χ2n) is 7.12. The van der Waals surface area contributed by atoms with E-state index in [1.807, 2.05) is 0 Å². The monoisotopic (exact) mass is 372 g/mol. The van der Waals surface area contributed by atoms with Crippen LogP contribution in [0.1, 0.15) is 42.0 Å². The van der Waals surface area contributed by atoms with Crippen LogP contribution in [-0.4, -0.2) is 17.4 Å². The Kier molecular flexibility index (Phi) is 5.05. The van der Waals surface area contributed by atoms with E-state index in [1.54, 1.807) is 43.4 Å². The maximum atomic E-state index is 12.2. The zero-order valence-electron chi connectivity index (χ0n) is 15.6. The van der Waals surface area contributed by atoms with Gasteiger partial charge in [0.05, 0.1) is 5.69 Å². The molecule has 3 rings (SSSR count). The molecule has 1 aliphatic rings. The number of nitrogens with one attached hydrogen (secondary N) is 2. The number of hydrogen-bond acceptors (Lipinski definition) is 4. The minimum Gasteiger partial charge on any atom is -0.476 e. The van der Waals surface area contributed by atoms with E-state index in [0.29, 0.717) is 23.5 Å². The number of ether oxygens (including phenoxy) is 1. The minimum atomic E-state index is -0.924. The molecule has 6 heteroatoms. The van der Waals surface area contributed by atoms with Gasteiger partial charge in [-0.15, -0.1) is 11.3 Å². The normalized spacial score (nSPS) is 15.0. The Morgan fingerprint density at radius 2 is 2.04 bits per heavy atom.